The van der Waals surface area contributed by atoms with Gasteiger partial charge in [0.05, 0.1) is 6.54 Å². The molecule has 7 nitrogen and oxygen atoms in total. The number of aromatic amines is 1. The van der Waals surface area contributed by atoms with E-state index in [0.717, 1.165) is 18.9 Å². The molecule has 1 N–H and O–H groups in total. The van der Waals surface area contributed by atoms with Gasteiger partial charge < -0.3 is 4.90 Å². The summed E-state index contributed by atoms with van der Waals surface area (Å²) in [7, 11) is 1.52. The maximum absolute atomic E-state index is 14.5. The highest BCUT2D eigenvalue weighted by molar-refractivity contribution is 5.74. The van der Waals surface area contributed by atoms with Gasteiger partial charge in [0.1, 0.15) is 17.5 Å². The molecule has 2 aromatic carbocycles. The Labute approximate surface area is 198 Å². The van der Waals surface area contributed by atoms with Gasteiger partial charge in [0.25, 0.3) is 5.56 Å². The minimum atomic E-state index is -0.588. The number of aryl methyl sites for hydroxylation is 1. The summed E-state index contributed by atoms with van der Waals surface area (Å²) in [6.07, 6.45) is 2.05. The summed E-state index contributed by atoms with van der Waals surface area (Å²) in [6.45, 7) is 1.26. The lowest BCUT2D eigenvalue weighted by atomic mass is 9.90. The molecular formula is C25H24F3N5O2. The first-order valence-corrected chi connectivity index (χ1v) is 11.4. The van der Waals surface area contributed by atoms with E-state index in [-0.39, 0.29) is 23.6 Å². The number of nitrogens with one attached hydrogen (secondary N) is 1. The van der Waals surface area contributed by atoms with Crippen LogP contribution in [0.2, 0.25) is 0 Å². The van der Waals surface area contributed by atoms with E-state index in [2.05, 4.69) is 9.97 Å². The molecule has 1 aliphatic heterocycles. The molecule has 0 radical (unpaired) electrons. The van der Waals surface area contributed by atoms with Crippen molar-refractivity contribution in [2.24, 2.45) is 13.0 Å². The number of aromatic nitrogens is 4. The van der Waals surface area contributed by atoms with Crippen LogP contribution in [0, 0.1) is 23.4 Å². The highest BCUT2D eigenvalue weighted by Gasteiger charge is 2.26. The lowest BCUT2D eigenvalue weighted by Crippen LogP contribution is -2.36. The zero-order valence-electron chi connectivity index (χ0n) is 19.1. The maximum atomic E-state index is 14.5. The molecule has 0 bridgehead atoms. The number of anilines is 1. The fourth-order valence-electron chi connectivity index (χ4n) is 4.81. The van der Waals surface area contributed by atoms with E-state index in [1.54, 1.807) is 22.8 Å². The van der Waals surface area contributed by atoms with Crippen LogP contribution >= 0.6 is 0 Å². The van der Waals surface area contributed by atoms with Gasteiger partial charge in [-0.25, -0.2) is 18.0 Å². The fourth-order valence-corrected chi connectivity index (χ4v) is 4.81. The molecule has 5 rings (SSSR count). The molecule has 35 heavy (non-hydrogen) atoms. The SMILES string of the molecule is Cn1c(=O)[nH]c(=O)c2c1nc(N1CCC(Cc3cc(F)cc(F)c3)CC1)n2Cc1ccccc1F. The Morgan fingerprint density at radius 1 is 1.03 bits per heavy atom. The van der Waals surface area contributed by atoms with Crippen LogP contribution in [0.3, 0.4) is 0 Å². The van der Waals surface area contributed by atoms with Gasteiger partial charge in [-0.3, -0.25) is 18.9 Å². The molecule has 3 heterocycles. The lowest BCUT2D eigenvalue weighted by Gasteiger charge is -2.33. The minimum Gasteiger partial charge on any atom is -0.342 e. The first-order chi connectivity index (χ1) is 16.8. The van der Waals surface area contributed by atoms with Gasteiger partial charge in [-0.15, -0.1) is 0 Å². The van der Waals surface area contributed by atoms with Crippen LogP contribution in [0.15, 0.2) is 52.1 Å². The van der Waals surface area contributed by atoms with Gasteiger partial charge >= 0.3 is 5.69 Å². The summed E-state index contributed by atoms with van der Waals surface area (Å²) in [5.74, 6) is -0.873. The summed E-state index contributed by atoms with van der Waals surface area (Å²) in [4.78, 5) is 33.8. The fraction of sp³-hybridized carbons (Fsp3) is 0.320. The molecule has 1 saturated heterocycles. The average molecular weight is 483 g/mol. The van der Waals surface area contributed by atoms with Crippen LogP contribution in [-0.2, 0) is 20.0 Å². The Morgan fingerprint density at radius 3 is 2.40 bits per heavy atom. The number of rotatable bonds is 5. The molecule has 2 aromatic heterocycles. The Hall–Kier alpha value is -3.82. The molecular weight excluding hydrogens is 459 g/mol. The smallest absolute Gasteiger partial charge is 0.329 e. The number of halogens is 3. The number of H-pyrrole nitrogens is 1. The molecule has 1 aliphatic rings. The molecule has 4 aromatic rings. The molecule has 10 heteroatoms. The lowest BCUT2D eigenvalue weighted by molar-refractivity contribution is 0.397. The van der Waals surface area contributed by atoms with Crippen LogP contribution in [-0.4, -0.2) is 32.2 Å². The van der Waals surface area contributed by atoms with Crippen molar-refractivity contribution in [2.45, 2.75) is 25.8 Å². The largest absolute Gasteiger partial charge is 0.342 e. The maximum Gasteiger partial charge on any atom is 0.329 e. The summed E-state index contributed by atoms with van der Waals surface area (Å²) >= 11 is 0. The van der Waals surface area contributed by atoms with Crippen molar-refractivity contribution in [1.29, 1.82) is 0 Å². The third-order valence-corrected chi connectivity index (χ3v) is 6.62. The summed E-state index contributed by atoms with van der Waals surface area (Å²) in [6, 6.07) is 9.89. The molecule has 1 fully saturated rings. The predicted molar refractivity (Wildman–Crippen MR) is 126 cm³/mol. The Kier molecular flexibility index (Phi) is 5.96. The van der Waals surface area contributed by atoms with E-state index >= 15 is 0 Å². The van der Waals surface area contributed by atoms with Gasteiger partial charge in [-0.1, -0.05) is 18.2 Å². The van der Waals surface area contributed by atoms with Gasteiger partial charge in [-0.2, -0.15) is 4.98 Å². The number of hydrogen-bond acceptors (Lipinski definition) is 4. The minimum absolute atomic E-state index is 0.0717. The van der Waals surface area contributed by atoms with Crippen molar-refractivity contribution in [3.05, 3.63) is 91.9 Å². The second-order valence-corrected chi connectivity index (χ2v) is 8.99. The van der Waals surface area contributed by atoms with Gasteiger partial charge in [0.15, 0.2) is 11.2 Å². The number of imidazole rings is 1. The summed E-state index contributed by atoms with van der Waals surface area (Å²) in [5.41, 5.74) is 0.274. The van der Waals surface area contributed by atoms with Crippen molar-refractivity contribution in [1.82, 2.24) is 19.1 Å². The number of benzene rings is 2. The Morgan fingerprint density at radius 2 is 1.71 bits per heavy atom. The zero-order valence-corrected chi connectivity index (χ0v) is 19.1. The predicted octanol–water partition coefficient (Wildman–Crippen LogP) is 3.35. The van der Waals surface area contributed by atoms with Gasteiger partial charge in [0.2, 0.25) is 5.95 Å². The van der Waals surface area contributed by atoms with Gasteiger partial charge in [0, 0.05) is 31.8 Å². The van der Waals surface area contributed by atoms with Crippen LogP contribution < -0.4 is 16.1 Å². The second kappa shape index (κ2) is 9.09. The first kappa shape index (κ1) is 22.9. The molecule has 0 unspecified atom stereocenters. The molecule has 0 atom stereocenters. The normalized spacial score (nSPS) is 14.7. The Balaban J connectivity index is 1.46. The average Bonchev–Trinajstić information content (AvgIpc) is 3.19. The number of fused-ring (bicyclic) bond motifs is 1. The number of nitrogens with zero attached hydrogens (tertiary/aromatic N) is 4. The van der Waals surface area contributed by atoms with Crippen molar-refractivity contribution in [3.8, 4) is 0 Å². The highest BCUT2D eigenvalue weighted by Crippen LogP contribution is 2.28. The van der Waals surface area contributed by atoms with Crippen molar-refractivity contribution < 1.29 is 13.2 Å². The van der Waals surface area contributed by atoms with E-state index in [9.17, 15) is 22.8 Å². The third-order valence-electron chi connectivity index (χ3n) is 6.62. The highest BCUT2D eigenvalue weighted by atomic mass is 19.1. The summed E-state index contributed by atoms with van der Waals surface area (Å²) in [5, 5.41) is 0. The molecule has 0 saturated carbocycles. The Bertz CT molecular complexity index is 1500. The number of piperidine rings is 1. The van der Waals surface area contributed by atoms with Crippen LogP contribution in [0.25, 0.3) is 11.2 Å². The quantitative estimate of drug-likeness (QED) is 0.473. The van der Waals surface area contributed by atoms with Crippen LogP contribution in [0.4, 0.5) is 19.1 Å². The van der Waals surface area contributed by atoms with E-state index in [4.69, 9.17) is 0 Å². The van der Waals surface area contributed by atoms with Crippen LogP contribution in [0.5, 0.6) is 0 Å². The number of hydrogen-bond donors (Lipinski definition) is 1. The molecule has 0 aliphatic carbocycles. The van der Waals surface area contributed by atoms with E-state index in [0.29, 0.717) is 36.6 Å². The van der Waals surface area contributed by atoms with E-state index in [1.807, 2.05) is 4.90 Å². The second-order valence-electron chi connectivity index (χ2n) is 8.99. The molecule has 182 valence electrons. The summed E-state index contributed by atoms with van der Waals surface area (Å²) < 4.78 is 44.5. The monoisotopic (exact) mass is 483 g/mol. The van der Waals surface area contributed by atoms with Crippen molar-refractivity contribution in [3.63, 3.8) is 0 Å². The first-order valence-electron chi connectivity index (χ1n) is 11.4. The van der Waals surface area contributed by atoms with E-state index < -0.39 is 28.7 Å². The zero-order chi connectivity index (χ0) is 24.7. The van der Waals surface area contributed by atoms with Gasteiger partial charge in [-0.05, 0) is 48.9 Å². The standard InChI is InChI=1S/C25H24F3N5O2/c1-31-22-21(23(34)30-25(31)35)33(14-17-4-2-3-5-20(17)28)24(29-22)32-8-6-15(7-9-32)10-16-11-18(26)13-19(27)12-16/h2-5,11-13,15H,6-10,14H2,1H3,(H,30,34,35). The molecule has 0 amide bonds. The topological polar surface area (TPSA) is 75.9 Å². The third kappa shape index (κ3) is 4.48. The van der Waals surface area contributed by atoms with Crippen LogP contribution in [0.1, 0.15) is 24.0 Å². The van der Waals surface area contributed by atoms with Crippen molar-refractivity contribution >= 4 is 17.1 Å². The van der Waals surface area contributed by atoms with E-state index in [1.165, 1.54) is 29.8 Å². The van der Waals surface area contributed by atoms with Crippen molar-refractivity contribution in [2.75, 3.05) is 18.0 Å². The molecule has 0 spiro atoms.